The highest BCUT2D eigenvalue weighted by molar-refractivity contribution is 6.32. The number of hydrogen-bond acceptors (Lipinski definition) is 7. The first-order valence-electron chi connectivity index (χ1n) is 11.4. The molecular formula is C27H21ClFN5O3. The summed E-state index contributed by atoms with van der Waals surface area (Å²) in [4.78, 5) is 20.9. The van der Waals surface area contributed by atoms with Crippen molar-refractivity contribution in [3.63, 3.8) is 0 Å². The third-order valence-corrected chi connectivity index (χ3v) is 5.75. The Morgan fingerprint density at radius 3 is 2.70 bits per heavy atom. The number of ether oxygens (including phenoxy) is 2. The van der Waals surface area contributed by atoms with Crippen LogP contribution in [0.4, 0.5) is 15.9 Å². The number of carbonyl (C=O) groups excluding carboxylic acids is 1. The van der Waals surface area contributed by atoms with E-state index >= 15 is 0 Å². The van der Waals surface area contributed by atoms with E-state index < -0.39 is 5.97 Å². The van der Waals surface area contributed by atoms with E-state index in [-0.39, 0.29) is 19.0 Å². The summed E-state index contributed by atoms with van der Waals surface area (Å²) < 4.78 is 26.2. The van der Waals surface area contributed by atoms with Crippen molar-refractivity contribution in [2.75, 3.05) is 11.9 Å². The Morgan fingerprint density at radius 1 is 1.03 bits per heavy atom. The van der Waals surface area contributed by atoms with Crippen molar-refractivity contribution < 1.29 is 18.7 Å². The maximum absolute atomic E-state index is 13.4. The van der Waals surface area contributed by atoms with E-state index in [4.69, 9.17) is 21.1 Å². The lowest BCUT2D eigenvalue weighted by atomic mass is 10.2. The average Bonchev–Trinajstić information content (AvgIpc) is 3.33. The highest BCUT2D eigenvalue weighted by Gasteiger charge is 2.13. The molecule has 0 aliphatic rings. The van der Waals surface area contributed by atoms with Crippen LogP contribution in [0.1, 0.15) is 15.9 Å². The molecule has 10 heteroatoms. The summed E-state index contributed by atoms with van der Waals surface area (Å²) in [7, 11) is 0. The predicted molar refractivity (Wildman–Crippen MR) is 138 cm³/mol. The van der Waals surface area contributed by atoms with Crippen LogP contribution in [0.25, 0.3) is 11.0 Å². The lowest BCUT2D eigenvalue weighted by Crippen LogP contribution is -2.13. The van der Waals surface area contributed by atoms with Gasteiger partial charge in [-0.25, -0.2) is 19.2 Å². The van der Waals surface area contributed by atoms with Crippen LogP contribution in [-0.2, 0) is 17.9 Å². The highest BCUT2D eigenvalue weighted by Crippen LogP contribution is 2.31. The van der Waals surface area contributed by atoms with Crippen LogP contribution in [0.15, 0.2) is 85.3 Å². The molecule has 8 nitrogen and oxygen atoms in total. The number of carbonyl (C=O) groups is 1. The second-order valence-electron chi connectivity index (χ2n) is 8.01. The van der Waals surface area contributed by atoms with Gasteiger partial charge in [0.2, 0.25) is 0 Å². The van der Waals surface area contributed by atoms with Crippen LogP contribution in [0, 0.1) is 5.82 Å². The van der Waals surface area contributed by atoms with Gasteiger partial charge in [0, 0.05) is 5.69 Å². The molecule has 5 rings (SSSR count). The molecule has 0 spiro atoms. The monoisotopic (exact) mass is 517 g/mol. The maximum Gasteiger partial charge on any atom is 0.338 e. The Hall–Kier alpha value is -4.50. The summed E-state index contributed by atoms with van der Waals surface area (Å²) in [6.45, 7) is 0.630. The zero-order valence-corrected chi connectivity index (χ0v) is 20.2. The van der Waals surface area contributed by atoms with Crippen molar-refractivity contribution in [2.45, 2.75) is 13.2 Å². The minimum Gasteiger partial charge on any atom is -0.487 e. The Morgan fingerprint density at radius 2 is 1.89 bits per heavy atom. The normalized spacial score (nSPS) is 10.9. The molecule has 37 heavy (non-hydrogen) atoms. The van der Waals surface area contributed by atoms with Crippen LogP contribution in [0.3, 0.4) is 0 Å². The van der Waals surface area contributed by atoms with Crippen molar-refractivity contribution >= 4 is 40.1 Å². The Kier molecular flexibility index (Phi) is 7.23. The van der Waals surface area contributed by atoms with E-state index in [0.29, 0.717) is 51.0 Å². The van der Waals surface area contributed by atoms with Crippen LogP contribution < -0.4 is 10.1 Å². The SMILES string of the molecule is O=C(OCCn1ncc2ncnc(Nc3ccc(OCc4cccc(F)c4)c(Cl)c3)c21)c1ccccc1. The van der Waals surface area contributed by atoms with Crippen LogP contribution >= 0.6 is 11.6 Å². The number of aromatic nitrogens is 4. The van der Waals surface area contributed by atoms with Crippen molar-refractivity contribution in [1.82, 2.24) is 19.7 Å². The summed E-state index contributed by atoms with van der Waals surface area (Å²) in [6.07, 6.45) is 3.06. The van der Waals surface area contributed by atoms with Gasteiger partial charge in [-0.15, -0.1) is 0 Å². The predicted octanol–water partition coefficient (Wildman–Crippen LogP) is 5.80. The van der Waals surface area contributed by atoms with Crippen LogP contribution in [0.5, 0.6) is 5.75 Å². The standard InChI is InChI=1S/C27H21ClFN5O3/c28-22-14-21(9-10-24(22)37-16-18-5-4-8-20(29)13-18)33-26-25-23(30-17-31-26)15-32-34(25)11-12-36-27(35)19-6-2-1-3-7-19/h1-10,13-15,17H,11-12,16H2,(H,30,31,33). The summed E-state index contributed by atoms with van der Waals surface area (Å²) in [5.41, 5.74) is 3.14. The number of nitrogens with one attached hydrogen (secondary N) is 1. The molecule has 0 unspecified atom stereocenters. The summed E-state index contributed by atoms with van der Waals surface area (Å²) >= 11 is 6.43. The fourth-order valence-electron chi connectivity index (χ4n) is 3.69. The van der Waals surface area contributed by atoms with Gasteiger partial charge in [-0.2, -0.15) is 5.10 Å². The molecule has 5 aromatic rings. The number of benzene rings is 3. The molecule has 0 atom stereocenters. The van der Waals surface area contributed by atoms with Gasteiger partial charge in [0.25, 0.3) is 0 Å². The largest absolute Gasteiger partial charge is 0.487 e. The first kappa shape index (κ1) is 24.2. The summed E-state index contributed by atoms with van der Waals surface area (Å²) in [6, 6.07) is 20.2. The summed E-state index contributed by atoms with van der Waals surface area (Å²) in [5, 5.41) is 7.99. The molecule has 0 bridgehead atoms. The lowest BCUT2D eigenvalue weighted by Gasteiger charge is -2.12. The molecule has 0 saturated carbocycles. The van der Waals surface area contributed by atoms with E-state index in [2.05, 4.69) is 20.4 Å². The van der Waals surface area contributed by atoms with Gasteiger partial charge in [-0.1, -0.05) is 41.9 Å². The maximum atomic E-state index is 13.4. The van der Waals surface area contributed by atoms with Crippen LogP contribution in [0.2, 0.25) is 5.02 Å². The molecule has 2 aromatic heterocycles. The molecule has 0 aliphatic heterocycles. The minimum absolute atomic E-state index is 0.127. The first-order chi connectivity index (χ1) is 18.1. The Balaban J connectivity index is 1.27. The zero-order valence-electron chi connectivity index (χ0n) is 19.5. The molecule has 0 saturated heterocycles. The molecule has 0 fully saturated rings. The average molecular weight is 518 g/mol. The number of hydrogen-bond donors (Lipinski definition) is 1. The van der Waals surface area contributed by atoms with Crippen molar-refractivity contribution in [3.05, 3.63) is 107 Å². The fourth-order valence-corrected chi connectivity index (χ4v) is 3.92. The zero-order chi connectivity index (χ0) is 25.6. The van der Waals surface area contributed by atoms with Gasteiger partial charge in [-0.3, -0.25) is 4.68 Å². The minimum atomic E-state index is -0.402. The fraction of sp³-hybridized carbons (Fsp3) is 0.111. The smallest absolute Gasteiger partial charge is 0.338 e. The Bertz CT molecular complexity index is 1540. The van der Waals surface area contributed by atoms with Gasteiger partial charge in [0.1, 0.15) is 42.1 Å². The Labute approximate surface area is 216 Å². The van der Waals surface area contributed by atoms with Gasteiger partial charge < -0.3 is 14.8 Å². The quantitative estimate of drug-likeness (QED) is 0.247. The lowest BCUT2D eigenvalue weighted by molar-refractivity contribution is 0.0489. The molecule has 186 valence electrons. The third-order valence-electron chi connectivity index (χ3n) is 5.45. The van der Waals surface area contributed by atoms with Gasteiger partial charge in [0.05, 0.1) is 23.3 Å². The molecule has 0 radical (unpaired) electrons. The number of nitrogens with zero attached hydrogens (tertiary/aromatic N) is 4. The van der Waals surface area contributed by atoms with E-state index in [1.165, 1.54) is 18.5 Å². The number of fused-ring (bicyclic) bond motifs is 1. The number of esters is 1. The topological polar surface area (TPSA) is 91.2 Å². The second kappa shape index (κ2) is 11.0. The van der Waals surface area contributed by atoms with E-state index in [0.717, 1.165) is 0 Å². The van der Waals surface area contributed by atoms with E-state index in [9.17, 15) is 9.18 Å². The van der Waals surface area contributed by atoms with E-state index in [1.54, 1.807) is 65.5 Å². The van der Waals surface area contributed by atoms with Gasteiger partial charge in [-0.05, 0) is 48.0 Å². The first-order valence-corrected chi connectivity index (χ1v) is 11.8. The van der Waals surface area contributed by atoms with E-state index in [1.807, 2.05) is 6.07 Å². The molecule has 0 aliphatic carbocycles. The summed E-state index contributed by atoms with van der Waals surface area (Å²) in [5.74, 6) is 0.258. The van der Waals surface area contributed by atoms with Crippen molar-refractivity contribution in [3.8, 4) is 5.75 Å². The number of halogens is 2. The second-order valence-corrected chi connectivity index (χ2v) is 8.42. The highest BCUT2D eigenvalue weighted by atomic mass is 35.5. The molecule has 3 aromatic carbocycles. The molecule has 0 amide bonds. The van der Waals surface area contributed by atoms with Crippen molar-refractivity contribution in [1.29, 1.82) is 0 Å². The molecule has 2 heterocycles. The molecular weight excluding hydrogens is 497 g/mol. The number of rotatable bonds is 9. The van der Waals surface area contributed by atoms with Crippen LogP contribution in [-0.4, -0.2) is 32.3 Å². The van der Waals surface area contributed by atoms with Crippen molar-refractivity contribution in [2.24, 2.45) is 0 Å². The van der Waals surface area contributed by atoms with Gasteiger partial charge in [0.15, 0.2) is 5.82 Å². The molecule has 1 N–H and O–H groups in total. The van der Waals surface area contributed by atoms with Gasteiger partial charge >= 0.3 is 5.97 Å². The third kappa shape index (κ3) is 5.84. The number of anilines is 2.